The number of aromatic nitrogens is 1. The molecule has 1 aromatic heterocycles. The molecule has 0 aliphatic carbocycles. The van der Waals surface area contributed by atoms with Gasteiger partial charge in [0.05, 0.1) is 11.4 Å². The van der Waals surface area contributed by atoms with Crippen molar-refractivity contribution >= 4 is 23.0 Å². The summed E-state index contributed by atoms with van der Waals surface area (Å²) in [5.41, 5.74) is 21.9. The van der Waals surface area contributed by atoms with Crippen LogP contribution in [0.3, 0.4) is 0 Å². The fraction of sp³-hybridized carbons (Fsp3) is 0. The highest BCUT2D eigenvalue weighted by Gasteiger charge is 2.04. The van der Waals surface area contributed by atoms with Gasteiger partial charge in [-0.15, -0.1) is 0 Å². The summed E-state index contributed by atoms with van der Waals surface area (Å²) in [6.45, 7) is 0. The van der Waals surface area contributed by atoms with Gasteiger partial charge in [0, 0.05) is 0 Å². The highest BCUT2D eigenvalue weighted by Crippen LogP contribution is 2.27. The summed E-state index contributed by atoms with van der Waals surface area (Å²) in [6, 6.07) is 0. The van der Waals surface area contributed by atoms with Crippen molar-refractivity contribution < 1.29 is 0 Å². The van der Waals surface area contributed by atoms with Crippen molar-refractivity contribution in [2.75, 3.05) is 22.9 Å². The van der Waals surface area contributed by atoms with Gasteiger partial charge in [0.15, 0.2) is 0 Å². The number of hydrogen-bond donors (Lipinski definition) is 5. The summed E-state index contributed by atoms with van der Waals surface area (Å²) in [5.74, 6) is 0.648. The minimum absolute atomic E-state index is 0.324. The number of anilines is 4. The van der Waals surface area contributed by atoms with Crippen LogP contribution in [0, 0.1) is 0 Å². The average molecular weight is 127 g/mol. The van der Waals surface area contributed by atoms with E-state index in [1.807, 2.05) is 0 Å². The van der Waals surface area contributed by atoms with E-state index in [0.717, 1.165) is 0 Å². The number of hydrogen-bond acceptors (Lipinski definition) is 4. The lowest BCUT2D eigenvalue weighted by atomic mass is 10.4. The van der Waals surface area contributed by atoms with Gasteiger partial charge in [-0.2, -0.15) is 0 Å². The first kappa shape index (κ1) is 5.61. The van der Waals surface area contributed by atoms with Crippen LogP contribution in [0.4, 0.5) is 23.0 Å². The van der Waals surface area contributed by atoms with Crippen LogP contribution in [0.5, 0.6) is 0 Å². The van der Waals surface area contributed by atoms with Crippen molar-refractivity contribution in [2.45, 2.75) is 0 Å². The van der Waals surface area contributed by atoms with E-state index >= 15 is 0 Å². The lowest BCUT2D eigenvalue weighted by Crippen LogP contribution is -1.95. The Hall–Kier alpha value is -1.52. The van der Waals surface area contributed by atoms with Crippen LogP contribution < -0.4 is 22.9 Å². The van der Waals surface area contributed by atoms with Crippen LogP contribution in [0.2, 0.25) is 0 Å². The van der Waals surface area contributed by atoms with Gasteiger partial charge in [-0.3, -0.25) is 0 Å². The Kier molecular flexibility index (Phi) is 0.921. The smallest absolute Gasteiger partial charge is 0.128 e. The molecule has 0 unspecified atom stereocenters. The van der Waals surface area contributed by atoms with Gasteiger partial charge in [0.25, 0.3) is 0 Å². The van der Waals surface area contributed by atoms with E-state index in [0.29, 0.717) is 23.0 Å². The lowest BCUT2D eigenvalue weighted by molar-refractivity contribution is 1.42. The molecule has 9 heavy (non-hydrogen) atoms. The van der Waals surface area contributed by atoms with Crippen LogP contribution in [0.15, 0.2) is 0 Å². The molecule has 0 saturated heterocycles. The minimum atomic E-state index is 0.324. The first-order chi connectivity index (χ1) is 4.13. The molecule has 0 aliphatic rings. The molecule has 9 N–H and O–H groups in total. The zero-order valence-corrected chi connectivity index (χ0v) is 4.81. The van der Waals surface area contributed by atoms with E-state index in [2.05, 4.69) is 4.98 Å². The standard InChI is InChI=1S/C4H9N5/c5-1-2(6)4(8)9-3(1)7/h9H,5-8H2. The van der Waals surface area contributed by atoms with Crippen molar-refractivity contribution in [1.82, 2.24) is 4.98 Å². The number of nitrogen functional groups attached to an aromatic ring is 4. The first-order valence-electron chi connectivity index (χ1n) is 2.40. The SMILES string of the molecule is Nc1[nH]c(N)c(N)c1N. The molecule has 0 saturated carbocycles. The predicted octanol–water partition coefficient (Wildman–Crippen LogP) is -0.657. The van der Waals surface area contributed by atoms with Crippen LogP contribution in [-0.2, 0) is 0 Å². The van der Waals surface area contributed by atoms with Crippen LogP contribution in [-0.4, -0.2) is 4.98 Å². The normalized spacial score (nSPS) is 9.78. The summed E-state index contributed by atoms with van der Waals surface area (Å²) in [4.78, 5) is 2.58. The van der Waals surface area contributed by atoms with Crippen LogP contribution in [0.25, 0.3) is 0 Å². The van der Waals surface area contributed by atoms with E-state index in [1.54, 1.807) is 0 Å². The van der Waals surface area contributed by atoms with Gasteiger partial charge in [-0.25, -0.2) is 0 Å². The molecule has 0 atom stereocenters. The Bertz CT molecular complexity index is 203. The molecule has 0 aliphatic heterocycles. The Morgan fingerprint density at radius 2 is 1.11 bits per heavy atom. The summed E-state index contributed by atoms with van der Waals surface area (Å²) in [7, 11) is 0. The summed E-state index contributed by atoms with van der Waals surface area (Å²) >= 11 is 0. The van der Waals surface area contributed by atoms with E-state index in [1.165, 1.54) is 0 Å². The monoisotopic (exact) mass is 127 g/mol. The molecule has 0 aromatic carbocycles. The van der Waals surface area contributed by atoms with Gasteiger partial charge in [0.1, 0.15) is 11.6 Å². The Morgan fingerprint density at radius 1 is 0.778 bits per heavy atom. The summed E-state index contributed by atoms with van der Waals surface area (Å²) in [5, 5.41) is 0. The minimum Gasteiger partial charge on any atom is -0.394 e. The zero-order valence-electron chi connectivity index (χ0n) is 4.81. The van der Waals surface area contributed by atoms with Crippen molar-refractivity contribution in [3.8, 4) is 0 Å². The Labute approximate surface area is 52.0 Å². The molecule has 0 radical (unpaired) electrons. The van der Waals surface area contributed by atoms with Gasteiger partial charge in [0.2, 0.25) is 0 Å². The summed E-state index contributed by atoms with van der Waals surface area (Å²) < 4.78 is 0. The van der Waals surface area contributed by atoms with Crippen molar-refractivity contribution in [3.05, 3.63) is 0 Å². The molecular weight excluding hydrogens is 118 g/mol. The number of nitrogens with two attached hydrogens (primary N) is 4. The molecule has 0 amide bonds. The molecule has 0 fully saturated rings. The van der Waals surface area contributed by atoms with Crippen molar-refractivity contribution in [3.63, 3.8) is 0 Å². The fourth-order valence-corrected chi connectivity index (χ4v) is 0.570. The quantitative estimate of drug-likeness (QED) is 0.318. The third kappa shape index (κ3) is 0.620. The van der Waals surface area contributed by atoms with E-state index in [4.69, 9.17) is 22.9 Å². The predicted molar refractivity (Wildman–Crippen MR) is 38.4 cm³/mol. The first-order valence-corrected chi connectivity index (χ1v) is 2.40. The maximum absolute atomic E-state index is 5.34. The highest BCUT2D eigenvalue weighted by molar-refractivity contribution is 5.84. The van der Waals surface area contributed by atoms with Crippen molar-refractivity contribution in [2.24, 2.45) is 0 Å². The molecule has 0 bridgehead atoms. The molecule has 0 spiro atoms. The topological polar surface area (TPSA) is 120 Å². The van der Waals surface area contributed by atoms with Gasteiger partial charge < -0.3 is 27.9 Å². The van der Waals surface area contributed by atoms with E-state index in [-0.39, 0.29) is 0 Å². The number of H-pyrrole nitrogens is 1. The Morgan fingerprint density at radius 3 is 1.22 bits per heavy atom. The summed E-state index contributed by atoms with van der Waals surface area (Å²) in [6.07, 6.45) is 0. The van der Waals surface area contributed by atoms with Gasteiger partial charge in [-0.1, -0.05) is 0 Å². The fourth-order valence-electron chi connectivity index (χ4n) is 0.570. The third-order valence-electron chi connectivity index (χ3n) is 1.14. The molecule has 5 heteroatoms. The molecule has 1 aromatic rings. The second-order valence-electron chi connectivity index (χ2n) is 1.78. The number of nitrogens with one attached hydrogen (secondary N) is 1. The largest absolute Gasteiger partial charge is 0.394 e. The number of aromatic amines is 1. The molecule has 1 heterocycles. The van der Waals surface area contributed by atoms with E-state index < -0.39 is 0 Å². The maximum atomic E-state index is 5.34. The molecular formula is C4H9N5. The molecule has 1 rings (SSSR count). The lowest BCUT2D eigenvalue weighted by Gasteiger charge is -1.88. The third-order valence-corrected chi connectivity index (χ3v) is 1.14. The average Bonchev–Trinajstić information content (AvgIpc) is 1.98. The van der Waals surface area contributed by atoms with Gasteiger partial charge in [-0.05, 0) is 0 Å². The van der Waals surface area contributed by atoms with Crippen LogP contribution >= 0.6 is 0 Å². The molecule has 50 valence electrons. The van der Waals surface area contributed by atoms with Gasteiger partial charge >= 0.3 is 0 Å². The van der Waals surface area contributed by atoms with Crippen LogP contribution in [0.1, 0.15) is 0 Å². The van der Waals surface area contributed by atoms with E-state index in [9.17, 15) is 0 Å². The highest BCUT2D eigenvalue weighted by atomic mass is 15.0. The second kappa shape index (κ2) is 1.48. The molecule has 5 nitrogen and oxygen atoms in total. The maximum Gasteiger partial charge on any atom is 0.128 e. The zero-order chi connectivity index (χ0) is 7.02. The van der Waals surface area contributed by atoms with Crippen molar-refractivity contribution in [1.29, 1.82) is 0 Å². The number of rotatable bonds is 0. The second-order valence-corrected chi connectivity index (χ2v) is 1.78. The Balaban J connectivity index is 3.29.